The van der Waals surface area contributed by atoms with Gasteiger partial charge in [-0.2, -0.15) is 0 Å². The van der Waals surface area contributed by atoms with E-state index in [1.807, 2.05) is 0 Å². The Hall–Kier alpha value is -1.43. The normalized spacial score (nSPS) is 27.0. The predicted molar refractivity (Wildman–Crippen MR) is 75.7 cm³/mol. The molecule has 1 saturated carbocycles. The highest BCUT2D eigenvalue weighted by Crippen LogP contribution is 2.46. The van der Waals surface area contributed by atoms with Gasteiger partial charge >= 0.3 is 0 Å². The third-order valence-corrected chi connectivity index (χ3v) is 5.38. The quantitative estimate of drug-likeness (QED) is 0.766. The standard InChI is InChI=1S/C15H23N3O3/c16-13(20)11-3-7-17(8-4-11)10-18-12(19)9-15(14(18)21)5-1-2-6-15/h11H,1-10H2,(H2,16,20). The molecule has 21 heavy (non-hydrogen) atoms. The number of nitrogens with zero attached hydrogens (tertiary/aromatic N) is 2. The van der Waals surface area contributed by atoms with E-state index in [1.54, 1.807) is 0 Å². The lowest BCUT2D eigenvalue weighted by atomic mass is 9.85. The van der Waals surface area contributed by atoms with E-state index in [9.17, 15) is 14.4 Å². The first-order chi connectivity index (χ1) is 10.0. The molecule has 0 radical (unpaired) electrons. The number of carbonyl (C=O) groups excluding carboxylic acids is 3. The Labute approximate surface area is 124 Å². The lowest BCUT2D eigenvalue weighted by Gasteiger charge is -2.33. The zero-order valence-electron chi connectivity index (χ0n) is 12.3. The van der Waals surface area contributed by atoms with Crippen molar-refractivity contribution in [3.05, 3.63) is 0 Å². The number of hydrogen-bond donors (Lipinski definition) is 1. The van der Waals surface area contributed by atoms with Crippen LogP contribution in [0.15, 0.2) is 0 Å². The van der Waals surface area contributed by atoms with Crippen LogP contribution in [0.4, 0.5) is 0 Å². The van der Waals surface area contributed by atoms with Gasteiger partial charge in [0.05, 0.1) is 12.1 Å². The highest BCUT2D eigenvalue weighted by atomic mass is 16.2. The Balaban J connectivity index is 1.60. The first-order valence-corrected chi connectivity index (χ1v) is 7.88. The summed E-state index contributed by atoms with van der Waals surface area (Å²) in [6, 6.07) is 0. The van der Waals surface area contributed by atoms with E-state index < -0.39 is 0 Å². The zero-order chi connectivity index (χ0) is 15.0. The van der Waals surface area contributed by atoms with Crippen LogP contribution < -0.4 is 5.73 Å². The van der Waals surface area contributed by atoms with Crippen molar-refractivity contribution in [3.8, 4) is 0 Å². The second-order valence-corrected chi connectivity index (χ2v) is 6.73. The van der Waals surface area contributed by atoms with E-state index in [1.165, 1.54) is 4.90 Å². The van der Waals surface area contributed by atoms with Crippen LogP contribution in [0.3, 0.4) is 0 Å². The van der Waals surface area contributed by atoms with E-state index in [-0.39, 0.29) is 29.1 Å². The smallest absolute Gasteiger partial charge is 0.237 e. The average molecular weight is 293 g/mol. The van der Waals surface area contributed by atoms with Crippen LogP contribution in [0.5, 0.6) is 0 Å². The first kappa shape index (κ1) is 14.5. The maximum Gasteiger partial charge on any atom is 0.237 e. The van der Waals surface area contributed by atoms with Crippen molar-refractivity contribution >= 4 is 17.7 Å². The third-order valence-electron chi connectivity index (χ3n) is 5.38. The molecule has 0 atom stereocenters. The molecular formula is C15H23N3O3. The van der Waals surface area contributed by atoms with Gasteiger partial charge in [-0.25, -0.2) is 0 Å². The first-order valence-electron chi connectivity index (χ1n) is 7.88. The van der Waals surface area contributed by atoms with E-state index in [2.05, 4.69) is 4.90 Å². The van der Waals surface area contributed by atoms with Crippen molar-refractivity contribution < 1.29 is 14.4 Å². The number of likely N-dealkylation sites (tertiary alicyclic amines) is 2. The van der Waals surface area contributed by atoms with Crippen LogP contribution in [-0.2, 0) is 14.4 Å². The largest absolute Gasteiger partial charge is 0.369 e. The van der Waals surface area contributed by atoms with E-state index in [4.69, 9.17) is 5.73 Å². The predicted octanol–water partition coefficient (Wildman–Crippen LogP) is 0.460. The second-order valence-electron chi connectivity index (χ2n) is 6.73. The number of nitrogens with two attached hydrogens (primary N) is 1. The van der Waals surface area contributed by atoms with E-state index in [0.29, 0.717) is 13.1 Å². The van der Waals surface area contributed by atoms with Gasteiger partial charge < -0.3 is 5.73 Å². The molecule has 1 aliphatic carbocycles. The fraction of sp³-hybridized carbons (Fsp3) is 0.800. The molecule has 2 N–H and O–H groups in total. The summed E-state index contributed by atoms with van der Waals surface area (Å²) in [4.78, 5) is 39.5. The highest BCUT2D eigenvalue weighted by Gasteiger charge is 2.52. The van der Waals surface area contributed by atoms with E-state index in [0.717, 1.165) is 51.6 Å². The van der Waals surface area contributed by atoms with Gasteiger partial charge in [-0.3, -0.25) is 24.2 Å². The van der Waals surface area contributed by atoms with Gasteiger partial charge in [0.15, 0.2) is 0 Å². The van der Waals surface area contributed by atoms with Crippen molar-refractivity contribution in [3.63, 3.8) is 0 Å². The maximum atomic E-state index is 12.6. The minimum Gasteiger partial charge on any atom is -0.369 e. The van der Waals surface area contributed by atoms with Crippen LogP contribution in [-0.4, -0.2) is 47.3 Å². The molecule has 0 aromatic heterocycles. The summed E-state index contributed by atoms with van der Waals surface area (Å²) in [7, 11) is 0. The number of carbonyl (C=O) groups is 3. The van der Waals surface area contributed by atoms with Gasteiger partial charge in [0.1, 0.15) is 0 Å². The van der Waals surface area contributed by atoms with Gasteiger partial charge in [-0.1, -0.05) is 12.8 Å². The molecule has 0 aromatic carbocycles. The number of rotatable bonds is 3. The van der Waals surface area contributed by atoms with Crippen LogP contribution in [0, 0.1) is 11.3 Å². The number of imide groups is 1. The molecule has 6 nitrogen and oxygen atoms in total. The van der Waals surface area contributed by atoms with Gasteiger partial charge in [0.2, 0.25) is 17.7 Å². The van der Waals surface area contributed by atoms with Crippen LogP contribution in [0.2, 0.25) is 0 Å². The molecule has 1 spiro atoms. The van der Waals surface area contributed by atoms with Crippen LogP contribution in [0.1, 0.15) is 44.9 Å². The number of primary amides is 1. The van der Waals surface area contributed by atoms with Gasteiger partial charge in [-0.15, -0.1) is 0 Å². The molecule has 2 heterocycles. The minimum absolute atomic E-state index is 0.0288. The molecule has 6 heteroatoms. The lowest BCUT2D eigenvalue weighted by molar-refractivity contribution is -0.144. The van der Waals surface area contributed by atoms with Crippen molar-refractivity contribution in [2.24, 2.45) is 17.1 Å². The molecule has 0 aromatic rings. The van der Waals surface area contributed by atoms with E-state index >= 15 is 0 Å². The molecule has 3 rings (SSSR count). The monoisotopic (exact) mass is 293 g/mol. The molecule has 116 valence electrons. The van der Waals surface area contributed by atoms with Gasteiger partial charge in [-0.05, 0) is 25.7 Å². The highest BCUT2D eigenvalue weighted by molar-refractivity contribution is 6.06. The third kappa shape index (κ3) is 2.57. The second kappa shape index (κ2) is 5.40. The fourth-order valence-corrected chi connectivity index (χ4v) is 4.00. The summed E-state index contributed by atoms with van der Waals surface area (Å²) < 4.78 is 0. The van der Waals surface area contributed by atoms with Gasteiger partial charge in [0.25, 0.3) is 0 Å². The topological polar surface area (TPSA) is 83.7 Å². The summed E-state index contributed by atoms with van der Waals surface area (Å²) in [5.41, 5.74) is 4.94. The SMILES string of the molecule is NC(=O)C1CCN(CN2C(=O)CC3(CCCC3)C2=O)CC1. The molecule has 3 amide bonds. The summed E-state index contributed by atoms with van der Waals surface area (Å²) >= 11 is 0. The Kier molecular flexibility index (Phi) is 3.73. The molecule has 0 unspecified atom stereocenters. The zero-order valence-corrected chi connectivity index (χ0v) is 12.3. The molecular weight excluding hydrogens is 270 g/mol. The van der Waals surface area contributed by atoms with Crippen LogP contribution in [0.25, 0.3) is 0 Å². The summed E-state index contributed by atoms with van der Waals surface area (Å²) in [5, 5.41) is 0. The van der Waals surface area contributed by atoms with Crippen molar-refractivity contribution in [1.82, 2.24) is 9.80 Å². The molecule has 2 aliphatic heterocycles. The molecule has 0 bridgehead atoms. The molecule has 3 fully saturated rings. The Bertz CT molecular complexity index is 463. The summed E-state index contributed by atoms with van der Waals surface area (Å²) in [6.07, 6.45) is 5.65. The number of amides is 3. The molecule has 3 aliphatic rings. The van der Waals surface area contributed by atoms with Crippen molar-refractivity contribution in [2.45, 2.75) is 44.9 Å². The van der Waals surface area contributed by atoms with Crippen LogP contribution >= 0.6 is 0 Å². The Morgan fingerprint density at radius 2 is 1.81 bits per heavy atom. The number of hydrogen-bond acceptors (Lipinski definition) is 4. The molecule has 2 saturated heterocycles. The summed E-state index contributed by atoms with van der Waals surface area (Å²) in [6.45, 7) is 1.82. The fourth-order valence-electron chi connectivity index (χ4n) is 4.00. The maximum absolute atomic E-state index is 12.6. The Morgan fingerprint density at radius 3 is 2.38 bits per heavy atom. The lowest BCUT2D eigenvalue weighted by Crippen LogP contribution is -2.47. The number of piperidine rings is 1. The minimum atomic E-state index is -0.386. The Morgan fingerprint density at radius 1 is 1.19 bits per heavy atom. The van der Waals surface area contributed by atoms with Crippen molar-refractivity contribution in [1.29, 1.82) is 0 Å². The van der Waals surface area contributed by atoms with Gasteiger partial charge in [0, 0.05) is 25.4 Å². The summed E-state index contributed by atoms with van der Waals surface area (Å²) in [5.74, 6) is -0.304. The average Bonchev–Trinajstić information content (AvgIpc) is 3.01. The van der Waals surface area contributed by atoms with Crippen molar-refractivity contribution in [2.75, 3.05) is 19.8 Å².